The number of rotatable bonds is 2. The number of halogens is 3. The fraction of sp³-hybridized carbons (Fsp3) is 0.357. The van der Waals surface area contributed by atoms with Gasteiger partial charge in [-0.15, -0.1) is 0 Å². The van der Waals surface area contributed by atoms with Gasteiger partial charge in [0.15, 0.2) is 0 Å². The molecule has 0 radical (unpaired) electrons. The van der Waals surface area contributed by atoms with Crippen molar-refractivity contribution in [2.75, 3.05) is 31.6 Å². The van der Waals surface area contributed by atoms with Gasteiger partial charge in [-0.3, -0.25) is 4.90 Å². The molecule has 2 heterocycles. The van der Waals surface area contributed by atoms with Gasteiger partial charge in [0.2, 0.25) is 0 Å². The van der Waals surface area contributed by atoms with Gasteiger partial charge in [0.25, 0.3) is 0 Å². The average Bonchev–Trinajstić information content (AvgIpc) is 2.82. The predicted molar refractivity (Wildman–Crippen MR) is 156 cm³/mol. The van der Waals surface area contributed by atoms with Gasteiger partial charge in [0, 0.05) is 58.1 Å². The van der Waals surface area contributed by atoms with Crippen LogP contribution in [0.25, 0.3) is 0 Å². The van der Waals surface area contributed by atoms with Gasteiger partial charge >= 0.3 is 0 Å². The van der Waals surface area contributed by atoms with E-state index in [1.54, 1.807) is 0 Å². The van der Waals surface area contributed by atoms with Crippen molar-refractivity contribution in [3.8, 4) is 0 Å². The van der Waals surface area contributed by atoms with E-state index in [-0.39, 0.29) is 0 Å². The Labute approximate surface area is 230 Å². The van der Waals surface area contributed by atoms with E-state index in [1.165, 1.54) is 42.3 Å². The zero-order valence-electron chi connectivity index (χ0n) is 20.6. The lowest BCUT2D eigenvalue weighted by Gasteiger charge is -2.31. The normalized spacial score (nSPS) is 15.7. The number of nitrogens with zero attached hydrogens (tertiary/aromatic N) is 2. The van der Waals surface area contributed by atoms with Crippen LogP contribution in [0.15, 0.2) is 45.3 Å². The van der Waals surface area contributed by atoms with Gasteiger partial charge in [0.05, 0.1) is 0 Å². The molecule has 0 fully saturated rings. The van der Waals surface area contributed by atoms with Gasteiger partial charge < -0.3 is 16.4 Å². The van der Waals surface area contributed by atoms with Crippen LogP contribution in [0.1, 0.15) is 38.9 Å². The standard InChI is InChI=1S/C17H18BrClN2.C11H15BrN2/c1-11-7-16(18)15-10-21(6-5-14(15)17(11)20)9-12-3-2-4-13(19)8-12;1-7-5-10(12)9-6-14(2)4-3-8(9)11(7)13/h2-4,7-8H,5-6,9-10,20H2,1H3;5H,3-4,6,13H2,1-2H3. The molecule has 3 aromatic rings. The highest BCUT2D eigenvalue weighted by atomic mass is 79.9. The predicted octanol–water partition coefficient (Wildman–Crippen LogP) is 6.88. The van der Waals surface area contributed by atoms with Crippen LogP contribution in [0.3, 0.4) is 0 Å². The molecule has 2 aliphatic rings. The van der Waals surface area contributed by atoms with E-state index >= 15 is 0 Å². The van der Waals surface area contributed by atoms with Gasteiger partial charge in [-0.1, -0.05) is 55.6 Å². The van der Waals surface area contributed by atoms with Crippen LogP contribution < -0.4 is 11.5 Å². The molecule has 35 heavy (non-hydrogen) atoms. The number of fused-ring (bicyclic) bond motifs is 2. The summed E-state index contributed by atoms with van der Waals surface area (Å²) in [5.41, 5.74) is 23.2. The summed E-state index contributed by atoms with van der Waals surface area (Å²) in [4.78, 5) is 4.76. The van der Waals surface area contributed by atoms with Gasteiger partial charge in [-0.2, -0.15) is 0 Å². The Hall–Kier alpha value is -1.57. The number of anilines is 2. The van der Waals surface area contributed by atoms with E-state index in [0.29, 0.717) is 0 Å². The molecule has 7 heteroatoms. The molecule has 0 atom stereocenters. The quantitative estimate of drug-likeness (QED) is 0.307. The number of nitrogen functional groups attached to an aromatic ring is 2. The summed E-state index contributed by atoms with van der Waals surface area (Å²) in [6.45, 7) is 9.11. The molecule has 3 aromatic carbocycles. The summed E-state index contributed by atoms with van der Waals surface area (Å²) < 4.78 is 2.37. The third-order valence-corrected chi connectivity index (χ3v) is 8.67. The molecular weight excluding hydrogens is 588 g/mol. The summed E-state index contributed by atoms with van der Waals surface area (Å²) in [6.07, 6.45) is 2.07. The maximum absolute atomic E-state index is 6.23. The summed E-state index contributed by atoms with van der Waals surface area (Å²) >= 11 is 13.4. The van der Waals surface area contributed by atoms with Crippen LogP contribution in [0, 0.1) is 13.8 Å². The van der Waals surface area contributed by atoms with Crippen molar-refractivity contribution < 1.29 is 0 Å². The lowest BCUT2D eigenvalue weighted by atomic mass is 9.95. The highest BCUT2D eigenvalue weighted by Crippen LogP contribution is 2.34. The SMILES string of the molecule is Cc1cc(Br)c2c(c1N)CCN(C)C2.Cc1cc(Br)c2c(c1N)CCN(Cc1cccc(Cl)c1)C2. The maximum atomic E-state index is 6.23. The smallest absolute Gasteiger partial charge is 0.0409 e. The first-order chi connectivity index (χ1) is 16.6. The molecule has 0 saturated carbocycles. The van der Waals surface area contributed by atoms with Crippen LogP contribution in [-0.4, -0.2) is 29.9 Å². The molecule has 0 unspecified atom stereocenters. The van der Waals surface area contributed by atoms with E-state index in [9.17, 15) is 0 Å². The van der Waals surface area contributed by atoms with Crippen molar-refractivity contribution in [3.05, 3.63) is 89.3 Å². The third-order valence-electron chi connectivity index (χ3n) is 7.02. The van der Waals surface area contributed by atoms with Crippen molar-refractivity contribution in [2.45, 2.75) is 46.3 Å². The fourth-order valence-corrected chi connectivity index (χ4v) is 6.59. The van der Waals surface area contributed by atoms with Crippen LogP contribution in [0.5, 0.6) is 0 Å². The largest absolute Gasteiger partial charge is 0.398 e. The number of benzene rings is 3. The Kier molecular flexibility index (Phi) is 8.49. The molecule has 0 bridgehead atoms. The molecule has 0 aromatic heterocycles. The van der Waals surface area contributed by atoms with Crippen molar-refractivity contribution in [2.24, 2.45) is 0 Å². The zero-order valence-corrected chi connectivity index (χ0v) is 24.5. The van der Waals surface area contributed by atoms with E-state index in [0.717, 1.165) is 67.5 Å². The molecule has 0 spiro atoms. The summed E-state index contributed by atoms with van der Waals surface area (Å²) in [7, 11) is 2.14. The van der Waals surface area contributed by atoms with Crippen molar-refractivity contribution in [1.82, 2.24) is 9.80 Å². The second-order valence-electron chi connectivity index (χ2n) is 9.67. The van der Waals surface area contributed by atoms with E-state index in [4.69, 9.17) is 23.1 Å². The highest BCUT2D eigenvalue weighted by Gasteiger charge is 2.22. The van der Waals surface area contributed by atoms with Crippen molar-refractivity contribution >= 4 is 54.8 Å². The van der Waals surface area contributed by atoms with Crippen molar-refractivity contribution in [1.29, 1.82) is 0 Å². The second kappa shape index (κ2) is 11.2. The molecular formula is C28H33Br2ClN4. The average molecular weight is 621 g/mol. The maximum Gasteiger partial charge on any atom is 0.0409 e. The minimum Gasteiger partial charge on any atom is -0.398 e. The Bertz CT molecular complexity index is 1240. The topological polar surface area (TPSA) is 58.5 Å². The number of likely N-dealkylation sites (N-methyl/N-ethyl adjacent to an activating group) is 1. The molecule has 0 aliphatic carbocycles. The number of hydrogen-bond acceptors (Lipinski definition) is 4. The minimum atomic E-state index is 0.797. The molecule has 5 rings (SSSR count). The second-order valence-corrected chi connectivity index (χ2v) is 11.8. The number of nitrogens with two attached hydrogens (primary N) is 2. The fourth-order valence-electron chi connectivity index (χ4n) is 4.97. The molecule has 186 valence electrons. The third kappa shape index (κ3) is 6.05. The number of hydrogen-bond donors (Lipinski definition) is 2. The van der Waals surface area contributed by atoms with Crippen LogP contribution >= 0.6 is 43.5 Å². The minimum absolute atomic E-state index is 0.797. The Morgan fingerprint density at radius 3 is 2.00 bits per heavy atom. The van der Waals surface area contributed by atoms with Gasteiger partial charge in [-0.05, 0) is 96.9 Å². The molecule has 0 amide bonds. The Morgan fingerprint density at radius 2 is 1.40 bits per heavy atom. The first-order valence-corrected chi connectivity index (χ1v) is 13.9. The lowest BCUT2D eigenvalue weighted by Crippen LogP contribution is -2.31. The Balaban J connectivity index is 0.000000179. The van der Waals surface area contributed by atoms with E-state index < -0.39 is 0 Å². The first-order valence-electron chi connectivity index (χ1n) is 11.9. The molecule has 4 N–H and O–H groups in total. The molecule has 4 nitrogen and oxygen atoms in total. The van der Waals surface area contributed by atoms with E-state index in [2.05, 4.69) is 80.8 Å². The highest BCUT2D eigenvalue weighted by molar-refractivity contribution is 9.10. The summed E-state index contributed by atoms with van der Waals surface area (Å²) in [6, 6.07) is 12.3. The monoisotopic (exact) mass is 618 g/mol. The van der Waals surface area contributed by atoms with Crippen molar-refractivity contribution in [3.63, 3.8) is 0 Å². The van der Waals surface area contributed by atoms with Crippen LogP contribution in [0.2, 0.25) is 5.02 Å². The van der Waals surface area contributed by atoms with Crippen LogP contribution in [0.4, 0.5) is 11.4 Å². The Morgan fingerprint density at radius 1 is 0.829 bits per heavy atom. The molecule has 0 saturated heterocycles. The van der Waals surface area contributed by atoms with E-state index in [1.807, 2.05) is 18.2 Å². The summed E-state index contributed by atoms with van der Waals surface area (Å²) in [5.74, 6) is 0. The number of aryl methyl sites for hydroxylation is 2. The first kappa shape index (κ1) is 26.5. The summed E-state index contributed by atoms with van der Waals surface area (Å²) in [5, 5.41) is 0.797. The molecule has 2 aliphatic heterocycles. The van der Waals surface area contributed by atoms with Gasteiger partial charge in [0.1, 0.15) is 0 Å². The lowest BCUT2D eigenvalue weighted by molar-refractivity contribution is 0.245. The van der Waals surface area contributed by atoms with Crippen LogP contribution in [-0.2, 0) is 32.5 Å². The zero-order chi connectivity index (χ0) is 25.3. The van der Waals surface area contributed by atoms with Gasteiger partial charge in [-0.25, -0.2) is 0 Å².